The van der Waals surface area contributed by atoms with Gasteiger partial charge in [0, 0.05) is 44.0 Å². The number of nitro benzene ring substituents is 1. The average Bonchev–Trinajstić information content (AvgIpc) is 3.09. The van der Waals surface area contributed by atoms with E-state index in [1.807, 2.05) is 22.4 Å². The second kappa shape index (κ2) is 6.15. The van der Waals surface area contributed by atoms with Crippen LogP contribution in [-0.4, -0.2) is 41.9 Å². The summed E-state index contributed by atoms with van der Waals surface area (Å²) in [5.41, 5.74) is 1.05. The highest BCUT2D eigenvalue weighted by atomic mass is 32.1. The van der Waals surface area contributed by atoms with Crippen molar-refractivity contribution in [3.05, 3.63) is 56.8 Å². The number of piperazine rings is 1. The molecule has 2 aromatic rings. The van der Waals surface area contributed by atoms with E-state index in [9.17, 15) is 14.9 Å². The number of amides is 1. The summed E-state index contributed by atoms with van der Waals surface area (Å²) < 4.78 is 0. The summed E-state index contributed by atoms with van der Waals surface area (Å²) >= 11 is 1.46. The number of hydrogen-bond acceptors (Lipinski definition) is 5. The second-order valence-corrected chi connectivity index (χ2v) is 5.98. The van der Waals surface area contributed by atoms with E-state index in [1.54, 1.807) is 12.1 Å². The minimum atomic E-state index is -0.401. The van der Waals surface area contributed by atoms with E-state index in [4.69, 9.17) is 0 Å². The van der Waals surface area contributed by atoms with Crippen molar-refractivity contribution in [3.8, 4) is 0 Å². The van der Waals surface area contributed by atoms with Gasteiger partial charge in [-0.1, -0.05) is 6.07 Å². The lowest BCUT2D eigenvalue weighted by molar-refractivity contribution is -0.384. The van der Waals surface area contributed by atoms with Crippen LogP contribution in [0.3, 0.4) is 0 Å². The standard InChI is InChI=1S/C15H15N3O3S/c19-15(14-2-1-11-22-14)17-9-7-16(8-10-17)12-3-5-13(6-4-12)18(20)21/h1-6,11H,7-10H2. The van der Waals surface area contributed by atoms with Crippen LogP contribution in [0.4, 0.5) is 11.4 Å². The molecule has 1 aliphatic rings. The minimum Gasteiger partial charge on any atom is -0.368 e. The van der Waals surface area contributed by atoms with Crippen molar-refractivity contribution in [3.63, 3.8) is 0 Å². The van der Waals surface area contributed by atoms with Crippen LogP contribution in [0.5, 0.6) is 0 Å². The zero-order chi connectivity index (χ0) is 15.5. The third kappa shape index (κ3) is 2.94. The molecule has 1 fully saturated rings. The number of rotatable bonds is 3. The lowest BCUT2D eigenvalue weighted by atomic mass is 10.2. The summed E-state index contributed by atoms with van der Waals surface area (Å²) in [4.78, 5) is 27.3. The Morgan fingerprint density at radius 3 is 2.32 bits per heavy atom. The van der Waals surface area contributed by atoms with Crippen molar-refractivity contribution in [2.24, 2.45) is 0 Å². The SMILES string of the molecule is O=C(c1cccs1)N1CCN(c2ccc([N+](=O)[O-])cc2)CC1. The maximum atomic E-state index is 12.3. The van der Waals surface area contributed by atoms with Gasteiger partial charge in [-0.3, -0.25) is 14.9 Å². The Hall–Kier alpha value is -2.41. The third-order valence-corrected chi connectivity index (χ3v) is 4.58. The zero-order valence-electron chi connectivity index (χ0n) is 11.8. The van der Waals surface area contributed by atoms with E-state index in [2.05, 4.69) is 4.90 Å². The van der Waals surface area contributed by atoms with E-state index >= 15 is 0 Å². The van der Waals surface area contributed by atoms with Crippen molar-refractivity contribution in [1.29, 1.82) is 0 Å². The Kier molecular flexibility index (Phi) is 4.06. The third-order valence-electron chi connectivity index (χ3n) is 3.72. The van der Waals surface area contributed by atoms with Gasteiger partial charge in [0.2, 0.25) is 0 Å². The fourth-order valence-electron chi connectivity index (χ4n) is 2.51. The number of non-ortho nitro benzene ring substituents is 1. The minimum absolute atomic E-state index is 0.0818. The van der Waals surface area contributed by atoms with Crippen molar-refractivity contribution in [2.75, 3.05) is 31.1 Å². The van der Waals surface area contributed by atoms with Crippen molar-refractivity contribution in [1.82, 2.24) is 4.90 Å². The molecule has 3 rings (SSSR count). The molecular weight excluding hydrogens is 302 g/mol. The lowest BCUT2D eigenvalue weighted by Gasteiger charge is -2.35. The molecule has 0 spiro atoms. The number of carbonyl (C=O) groups excluding carboxylic acids is 1. The molecule has 1 aromatic heterocycles. The first kappa shape index (κ1) is 14.5. The van der Waals surface area contributed by atoms with Gasteiger partial charge in [0.25, 0.3) is 11.6 Å². The van der Waals surface area contributed by atoms with Crippen molar-refractivity contribution in [2.45, 2.75) is 0 Å². The molecule has 7 heteroatoms. The quantitative estimate of drug-likeness (QED) is 0.645. The summed E-state index contributed by atoms with van der Waals surface area (Å²) in [6, 6.07) is 10.3. The van der Waals surface area contributed by atoms with Crippen LogP contribution in [0.2, 0.25) is 0 Å². The van der Waals surface area contributed by atoms with E-state index < -0.39 is 4.92 Å². The predicted octanol–water partition coefficient (Wildman–Crippen LogP) is 2.62. The zero-order valence-corrected chi connectivity index (χ0v) is 12.7. The predicted molar refractivity (Wildman–Crippen MR) is 85.5 cm³/mol. The first-order valence-corrected chi connectivity index (χ1v) is 7.85. The highest BCUT2D eigenvalue weighted by Gasteiger charge is 2.23. The second-order valence-electron chi connectivity index (χ2n) is 5.03. The highest BCUT2D eigenvalue weighted by Crippen LogP contribution is 2.21. The summed E-state index contributed by atoms with van der Waals surface area (Å²) in [5.74, 6) is 0.0818. The molecule has 6 nitrogen and oxygen atoms in total. The van der Waals surface area contributed by atoms with Gasteiger partial charge >= 0.3 is 0 Å². The van der Waals surface area contributed by atoms with Gasteiger partial charge in [0.05, 0.1) is 9.80 Å². The number of nitro groups is 1. The van der Waals surface area contributed by atoms with Gasteiger partial charge in [-0.25, -0.2) is 0 Å². The molecule has 0 saturated carbocycles. The molecule has 1 aromatic carbocycles. The van der Waals surface area contributed by atoms with E-state index in [-0.39, 0.29) is 11.6 Å². The number of thiophene rings is 1. The molecule has 1 saturated heterocycles. The largest absolute Gasteiger partial charge is 0.368 e. The topological polar surface area (TPSA) is 66.7 Å². The Balaban J connectivity index is 1.62. The molecule has 22 heavy (non-hydrogen) atoms. The van der Waals surface area contributed by atoms with E-state index in [1.165, 1.54) is 23.5 Å². The van der Waals surface area contributed by atoms with Crippen molar-refractivity contribution < 1.29 is 9.72 Å². The molecule has 0 N–H and O–H groups in total. The number of hydrogen-bond donors (Lipinski definition) is 0. The molecule has 1 amide bonds. The molecule has 0 atom stereocenters. The van der Waals surface area contributed by atoms with Crippen LogP contribution in [0.15, 0.2) is 41.8 Å². The molecule has 2 heterocycles. The number of benzene rings is 1. The van der Waals surface area contributed by atoms with E-state index in [0.717, 1.165) is 23.7 Å². The average molecular weight is 317 g/mol. The van der Waals surface area contributed by atoms with E-state index in [0.29, 0.717) is 13.1 Å². The van der Waals surface area contributed by atoms with Gasteiger partial charge in [0.1, 0.15) is 0 Å². The van der Waals surface area contributed by atoms with Crippen LogP contribution >= 0.6 is 11.3 Å². The van der Waals surface area contributed by atoms with Crippen LogP contribution in [0.1, 0.15) is 9.67 Å². The molecule has 0 aliphatic carbocycles. The van der Waals surface area contributed by atoms with Gasteiger partial charge in [-0.05, 0) is 23.6 Å². The summed E-state index contributed by atoms with van der Waals surface area (Å²) in [7, 11) is 0. The monoisotopic (exact) mass is 317 g/mol. The first-order valence-electron chi connectivity index (χ1n) is 6.97. The van der Waals surface area contributed by atoms with Crippen LogP contribution < -0.4 is 4.90 Å². The van der Waals surface area contributed by atoms with Gasteiger partial charge in [-0.2, -0.15) is 0 Å². The maximum Gasteiger partial charge on any atom is 0.269 e. The molecule has 114 valence electrons. The fourth-order valence-corrected chi connectivity index (χ4v) is 3.20. The molecular formula is C15H15N3O3S. The molecule has 0 unspecified atom stereocenters. The normalized spacial score (nSPS) is 14.9. The maximum absolute atomic E-state index is 12.3. The molecule has 1 aliphatic heterocycles. The number of nitrogens with zero attached hydrogens (tertiary/aromatic N) is 3. The highest BCUT2D eigenvalue weighted by molar-refractivity contribution is 7.12. The Bertz CT molecular complexity index is 662. The Morgan fingerprint density at radius 2 is 1.77 bits per heavy atom. The van der Waals surface area contributed by atoms with Gasteiger partial charge < -0.3 is 9.80 Å². The van der Waals surface area contributed by atoms with Crippen LogP contribution in [-0.2, 0) is 0 Å². The summed E-state index contributed by atoms with van der Waals surface area (Å²) in [5, 5.41) is 12.6. The fraction of sp³-hybridized carbons (Fsp3) is 0.267. The number of carbonyl (C=O) groups is 1. The smallest absolute Gasteiger partial charge is 0.269 e. The Morgan fingerprint density at radius 1 is 1.09 bits per heavy atom. The first-order chi connectivity index (χ1) is 10.6. The Labute approximate surface area is 131 Å². The van der Waals surface area contributed by atoms with Crippen LogP contribution in [0.25, 0.3) is 0 Å². The lowest BCUT2D eigenvalue weighted by Crippen LogP contribution is -2.48. The van der Waals surface area contributed by atoms with Crippen LogP contribution in [0, 0.1) is 10.1 Å². The summed E-state index contributed by atoms with van der Waals surface area (Å²) in [6.45, 7) is 2.78. The van der Waals surface area contributed by atoms with Crippen molar-refractivity contribution >= 4 is 28.6 Å². The molecule has 0 bridgehead atoms. The number of anilines is 1. The van der Waals surface area contributed by atoms with Gasteiger partial charge in [-0.15, -0.1) is 11.3 Å². The molecule has 0 radical (unpaired) electrons. The summed E-state index contributed by atoms with van der Waals surface area (Å²) in [6.07, 6.45) is 0. The van der Waals surface area contributed by atoms with Gasteiger partial charge in [0.15, 0.2) is 0 Å².